The lowest BCUT2D eigenvalue weighted by atomic mass is 9.93. The summed E-state index contributed by atoms with van der Waals surface area (Å²) in [5.74, 6) is 2.62. The number of halogens is 1. The van der Waals surface area contributed by atoms with Gasteiger partial charge in [-0.2, -0.15) is 0 Å². The van der Waals surface area contributed by atoms with Crippen LogP contribution in [0.1, 0.15) is 18.4 Å². The highest BCUT2D eigenvalue weighted by Gasteiger charge is 2.34. The van der Waals surface area contributed by atoms with E-state index in [1.54, 1.807) is 0 Å². The van der Waals surface area contributed by atoms with Crippen LogP contribution in [0, 0.1) is 17.8 Å². The van der Waals surface area contributed by atoms with Crippen LogP contribution in [0.4, 0.5) is 0 Å². The van der Waals surface area contributed by atoms with Crippen LogP contribution in [-0.4, -0.2) is 6.54 Å². The maximum absolute atomic E-state index is 3.60. The summed E-state index contributed by atoms with van der Waals surface area (Å²) < 4.78 is 1.15. The van der Waals surface area contributed by atoms with Crippen molar-refractivity contribution in [3.05, 3.63) is 46.5 Å². The van der Waals surface area contributed by atoms with Crippen LogP contribution < -0.4 is 5.32 Å². The molecular weight excluding hydrogens is 274 g/mol. The van der Waals surface area contributed by atoms with Crippen LogP contribution in [-0.2, 0) is 6.54 Å². The Morgan fingerprint density at radius 2 is 1.94 bits per heavy atom. The van der Waals surface area contributed by atoms with Crippen molar-refractivity contribution in [2.24, 2.45) is 17.8 Å². The second-order valence-electron chi connectivity index (χ2n) is 5.30. The first-order valence-corrected chi connectivity index (χ1v) is 7.24. The fourth-order valence-electron chi connectivity index (χ4n) is 3.13. The van der Waals surface area contributed by atoms with Crippen LogP contribution in [0.2, 0.25) is 0 Å². The SMILES string of the molecule is Brc1ccc(CNCC2CC3C=CC2C3)cc1. The Bertz CT molecular complexity index is 409. The number of rotatable bonds is 4. The van der Waals surface area contributed by atoms with Gasteiger partial charge in [0, 0.05) is 11.0 Å². The van der Waals surface area contributed by atoms with Crippen LogP contribution >= 0.6 is 15.9 Å². The van der Waals surface area contributed by atoms with Crippen molar-refractivity contribution in [1.29, 1.82) is 0 Å². The molecule has 0 aromatic heterocycles. The maximum atomic E-state index is 3.60. The van der Waals surface area contributed by atoms with Gasteiger partial charge < -0.3 is 5.32 Å². The highest BCUT2D eigenvalue weighted by atomic mass is 79.9. The molecule has 3 rings (SSSR count). The Kier molecular flexibility index (Phi) is 3.34. The second kappa shape index (κ2) is 4.95. The Balaban J connectivity index is 1.46. The van der Waals surface area contributed by atoms with E-state index in [0.29, 0.717) is 0 Å². The van der Waals surface area contributed by atoms with Crippen LogP contribution in [0.25, 0.3) is 0 Å². The van der Waals surface area contributed by atoms with E-state index < -0.39 is 0 Å². The Morgan fingerprint density at radius 1 is 1.12 bits per heavy atom. The third-order valence-corrected chi connectivity index (χ3v) is 4.59. The minimum absolute atomic E-state index is 0.859. The fourth-order valence-corrected chi connectivity index (χ4v) is 3.40. The van der Waals surface area contributed by atoms with Crippen LogP contribution in [0.3, 0.4) is 0 Å². The first-order chi connectivity index (χ1) is 8.31. The molecule has 0 radical (unpaired) electrons. The second-order valence-corrected chi connectivity index (χ2v) is 6.21. The number of benzene rings is 1. The molecule has 0 amide bonds. The molecule has 1 aromatic carbocycles. The average molecular weight is 292 g/mol. The number of allylic oxidation sites excluding steroid dienone is 2. The highest BCUT2D eigenvalue weighted by Crippen LogP contribution is 2.42. The zero-order chi connectivity index (χ0) is 11.7. The number of nitrogens with one attached hydrogen (secondary N) is 1. The molecule has 3 unspecified atom stereocenters. The van der Waals surface area contributed by atoms with Crippen molar-refractivity contribution in [1.82, 2.24) is 5.32 Å². The summed E-state index contributed by atoms with van der Waals surface area (Å²) in [6.07, 6.45) is 7.65. The van der Waals surface area contributed by atoms with Gasteiger partial charge >= 0.3 is 0 Å². The molecule has 90 valence electrons. The summed E-state index contributed by atoms with van der Waals surface area (Å²) in [6.45, 7) is 2.16. The van der Waals surface area contributed by atoms with E-state index >= 15 is 0 Å². The molecule has 17 heavy (non-hydrogen) atoms. The molecule has 1 aromatic rings. The molecule has 0 spiro atoms. The van der Waals surface area contributed by atoms with Crippen molar-refractivity contribution < 1.29 is 0 Å². The van der Waals surface area contributed by atoms with E-state index in [-0.39, 0.29) is 0 Å². The first kappa shape index (κ1) is 11.5. The van der Waals surface area contributed by atoms with Gasteiger partial charge in [-0.15, -0.1) is 0 Å². The summed E-state index contributed by atoms with van der Waals surface area (Å²) in [5.41, 5.74) is 1.37. The lowest BCUT2D eigenvalue weighted by Gasteiger charge is -2.18. The average Bonchev–Trinajstić information content (AvgIpc) is 2.94. The predicted molar refractivity (Wildman–Crippen MR) is 74.7 cm³/mol. The predicted octanol–water partition coefficient (Wildman–Crippen LogP) is 3.75. The molecule has 0 heterocycles. The molecular formula is C15H18BrN. The summed E-state index contributed by atoms with van der Waals surface area (Å²) in [5, 5.41) is 3.60. The Hall–Kier alpha value is -0.600. The van der Waals surface area contributed by atoms with Gasteiger partial charge in [0.1, 0.15) is 0 Å². The summed E-state index contributed by atoms with van der Waals surface area (Å²) in [6, 6.07) is 8.57. The molecule has 0 aliphatic heterocycles. The van der Waals surface area contributed by atoms with Gasteiger partial charge in [-0.05, 0) is 54.8 Å². The number of hydrogen-bond acceptors (Lipinski definition) is 1. The quantitative estimate of drug-likeness (QED) is 0.833. The van der Waals surface area contributed by atoms with E-state index in [1.165, 1.54) is 24.9 Å². The first-order valence-electron chi connectivity index (χ1n) is 6.45. The van der Waals surface area contributed by atoms with Gasteiger partial charge in [-0.3, -0.25) is 0 Å². The smallest absolute Gasteiger partial charge is 0.0205 e. The van der Waals surface area contributed by atoms with Crippen LogP contribution in [0.5, 0.6) is 0 Å². The topological polar surface area (TPSA) is 12.0 Å². The van der Waals surface area contributed by atoms with E-state index in [1.807, 2.05) is 0 Å². The lowest BCUT2D eigenvalue weighted by molar-refractivity contribution is 0.414. The van der Waals surface area contributed by atoms with E-state index in [9.17, 15) is 0 Å². The van der Waals surface area contributed by atoms with Gasteiger partial charge in [-0.25, -0.2) is 0 Å². The Morgan fingerprint density at radius 3 is 2.59 bits per heavy atom. The monoisotopic (exact) mass is 291 g/mol. The van der Waals surface area contributed by atoms with Crippen molar-refractivity contribution in [2.75, 3.05) is 6.54 Å². The molecule has 2 aliphatic rings. The van der Waals surface area contributed by atoms with Gasteiger partial charge in [0.2, 0.25) is 0 Å². The van der Waals surface area contributed by atoms with Crippen molar-refractivity contribution >= 4 is 15.9 Å². The third-order valence-electron chi connectivity index (χ3n) is 4.07. The molecule has 2 heteroatoms. The molecule has 1 nitrogen and oxygen atoms in total. The third kappa shape index (κ3) is 2.63. The lowest BCUT2D eigenvalue weighted by Crippen LogP contribution is -2.25. The minimum atomic E-state index is 0.859. The largest absolute Gasteiger partial charge is 0.312 e. The summed E-state index contributed by atoms with van der Waals surface area (Å²) >= 11 is 3.46. The molecule has 2 bridgehead atoms. The van der Waals surface area contributed by atoms with Gasteiger partial charge in [0.15, 0.2) is 0 Å². The van der Waals surface area contributed by atoms with E-state index in [2.05, 4.69) is 57.7 Å². The normalized spacial score (nSPS) is 30.1. The van der Waals surface area contributed by atoms with Crippen molar-refractivity contribution in [2.45, 2.75) is 19.4 Å². The zero-order valence-electron chi connectivity index (χ0n) is 9.90. The molecule has 3 atom stereocenters. The summed E-state index contributed by atoms with van der Waals surface area (Å²) in [4.78, 5) is 0. The molecule has 1 saturated carbocycles. The molecule has 0 saturated heterocycles. The summed E-state index contributed by atoms with van der Waals surface area (Å²) in [7, 11) is 0. The van der Waals surface area contributed by atoms with Gasteiger partial charge in [0.05, 0.1) is 0 Å². The van der Waals surface area contributed by atoms with Crippen molar-refractivity contribution in [3.8, 4) is 0 Å². The standard InChI is InChI=1S/C15H18BrN/c16-15-5-2-11(3-6-15)9-17-10-14-8-12-1-4-13(14)7-12/h1-6,12-14,17H,7-10H2. The molecule has 1 fully saturated rings. The van der Waals surface area contributed by atoms with Gasteiger partial charge in [0.25, 0.3) is 0 Å². The van der Waals surface area contributed by atoms with Gasteiger partial charge in [-0.1, -0.05) is 40.2 Å². The highest BCUT2D eigenvalue weighted by molar-refractivity contribution is 9.10. The van der Waals surface area contributed by atoms with Crippen molar-refractivity contribution in [3.63, 3.8) is 0 Å². The van der Waals surface area contributed by atoms with Crippen LogP contribution in [0.15, 0.2) is 40.9 Å². The van der Waals surface area contributed by atoms with E-state index in [0.717, 1.165) is 28.8 Å². The van der Waals surface area contributed by atoms with E-state index in [4.69, 9.17) is 0 Å². The Labute approximate surface area is 111 Å². The number of hydrogen-bond donors (Lipinski definition) is 1. The minimum Gasteiger partial charge on any atom is -0.312 e. The number of fused-ring (bicyclic) bond motifs is 2. The molecule has 1 N–H and O–H groups in total. The fraction of sp³-hybridized carbons (Fsp3) is 0.467. The zero-order valence-corrected chi connectivity index (χ0v) is 11.5. The maximum Gasteiger partial charge on any atom is 0.0205 e. The molecule has 2 aliphatic carbocycles.